The number of carbonyl (C=O) groups is 1. The van der Waals surface area contributed by atoms with Gasteiger partial charge >= 0.3 is 0 Å². The maximum atomic E-state index is 12.6. The van der Waals surface area contributed by atoms with Gasteiger partial charge in [0.15, 0.2) is 0 Å². The number of amides is 1. The van der Waals surface area contributed by atoms with Crippen LogP contribution in [0.5, 0.6) is 0 Å². The number of para-hydroxylation sites is 1. The Morgan fingerprint density at radius 2 is 1.67 bits per heavy atom. The highest BCUT2D eigenvalue weighted by Crippen LogP contribution is 2.21. The molecule has 1 amide bonds. The minimum absolute atomic E-state index is 0.00772. The van der Waals surface area contributed by atoms with Crippen LogP contribution in [0.15, 0.2) is 66.1 Å². The minimum Gasteiger partial charge on any atom is -0.373 e. The zero-order valence-electron chi connectivity index (χ0n) is 17.3. The zero-order chi connectivity index (χ0) is 21.4. The molecule has 2 aromatic rings. The van der Waals surface area contributed by atoms with Crippen molar-refractivity contribution in [2.24, 2.45) is 5.92 Å². The van der Waals surface area contributed by atoms with Crippen molar-refractivity contribution in [2.75, 3.05) is 38.1 Å². The summed E-state index contributed by atoms with van der Waals surface area (Å²) in [6.07, 6.45) is 2.69. The second-order valence-electron chi connectivity index (χ2n) is 7.48. The standard InChI is InChI=1S/C23H29N3O3S/c1-25(22-10-6-3-7-11-22)18-15-24-23(27)21-12-16-26(17-13-21)30(28,29)19-14-20-8-4-2-5-9-20/h2-11,14,19,21H,12-13,15-18H2,1H3,(H,24,27)/b19-14+. The average Bonchev–Trinajstić information content (AvgIpc) is 2.79. The number of benzene rings is 2. The first kappa shape index (κ1) is 22.1. The third kappa shape index (κ3) is 6.18. The molecule has 160 valence electrons. The predicted molar refractivity (Wildman–Crippen MR) is 121 cm³/mol. The van der Waals surface area contributed by atoms with E-state index in [1.54, 1.807) is 6.08 Å². The van der Waals surface area contributed by atoms with E-state index < -0.39 is 10.0 Å². The Morgan fingerprint density at radius 3 is 2.30 bits per heavy atom. The molecule has 1 aliphatic rings. The molecule has 7 heteroatoms. The van der Waals surface area contributed by atoms with Gasteiger partial charge in [0.25, 0.3) is 0 Å². The molecule has 1 heterocycles. The summed E-state index contributed by atoms with van der Waals surface area (Å²) in [5, 5.41) is 4.24. The molecule has 3 rings (SSSR count). The van der Waals surface area contributed by atoms with Crippen molar-refractivity contribution in [2.45, 2.75) is 12.8 Å². The van der Waals surface area contributed by atoms with E-state index in [9.17, 15) is 13.2 Å². The second kappa shape index (κ2) is 10.4. The molecule has 0 atom stereocenters. The van der Waals surface area contributed by atoms with Crippen molar-refractivity contribution < 1.29 is 13.2 Å². The fraction of sp³-hybridized carbons (Fsp3) is 0.348. The molecular formula is C23H29N3O3S. The summed E-state index contributed by atoms with van der Waals surface area (Å²) < 4.78 is 26.6. The first-order valence-corrected chi connectivity index (χ1v) is 11.7. The fourth-order valence-electron chi connectivity index (χ4n) is 3.49. The van der Waals surface area contributed by atoms with Gasteiger partial charge < -0.3 is 10.2 Å². The van der Waals surface area contributed by atoms with Crippen LogP contribution < -0.4 is 10.2 Å². The number of likely N-dealkylation sites (N-methyl/N-ethyl adjacent to an activating group) is 1. The van der Waals surface area contributed by atoms with Crippen molar-refractivity contribution in [1.29, 1.82) is 0 Å². The molecule has 0 aromatic heterocycles. The Kier molecular flexibility index (Phi) is 7.65. The molecule has 1 saturated heterocycles. The topological polar surface area (TPSA) is 69.7 Å². The number of rotatable bonds is 8. The monoisotopic (exact) mass is 427 g/mol. The van der Waals surface area contributed by atoms with E-state index in [1.165, 1.54) is 9.71 Å². The number of hydrogen-bond donors (Lipinski definition) is 1. The maximum Gasteiger partial charge on any atom is 0.236 e. The number of hydrogen-bond acceptors (Lipinski definition) is 4. The van der Waals surface area contributed by atoms with Gasteiger partial charge in [-0.2, -0.15) is 4.31 Å². The SMILES string of the molecule is CN(CCNC(=O)C1CCN(S(=O)(=O)/C=C/c2ccccc2)CC1)c1ccccc1. The molecule has 6 nitrogen and oxygen atoms in total. The van der Waals surface area contributed by atoms with Gasteiger partial charge in [-0.1, -0.05) is 48.5 Å². The first-order valence-electron chi connectivity index (χ1n) is 10.2. The van der Waals surface area contributed by atoms with Crippen LogP contribution in [0.2, 0.25) is 0 Å². The lowest BCUT2D eigenvalue weighted by atomic mass is 9.97. The van der Waals surface area contributed by atoms with E-state index in [2.05, 4.69) is 10.2 Å². The summed E-state index contributed by atoms with van der Waals surface area (Å²) >= 11 is 0. The second-order valence-corrected chi connectivity index (χ2v) is 9.30. The van der Waals surface area contributed by atoms with Crippen LogP contribution in [0, 0.1) is 5.92 Å². The highest BCUT2D eigenvalue weighted by molar-refractivity contribution is 7.92. The van der Waals surface area contributed by atoms with Crippen molar-refractivity contribution in [3.8, 4) is 0 Å². The molecule has 1 aliphatic heterocycles. The number of sulfonamides is 1. The van der Waals surface area contributed by atoms with Crippen LogP contribution in [-0.4, -0.2) is 51.9 Å². The van der Waals surface area contributed by atoms with Crippen LogP contribution in [-0.2, 0) is 14.8 Å². The van der Waals surface area contributed by atoms with E-state index in [-0.39, 0.29) is 11.8 Å². The van der Waals surface area contributed by atoms with Crippen LogP contribution in [0.4, 0.5) is 5.69 Å². The summed E-state index contributed by atoms with van der Waals surface area (Å²) in [7, 11) is -1.48. The third-order valence-corrected chi connectivity index (χ3v) is 6.92. The van der Waals surface area contributed by atoms with Gasteiger partial charge in [-0.25, -0.2) is 8.42 Å². The first-order chi connectivity index (χ1) is 14.5. The number of anilines is 1. The van der Waals surface area contributed by atoms with E-state index in [0.29, 0.717) is 39.0 Å². The molecule has 1 N–H and O–H groups in total. The minimum atomic E-state index is -3.48. The molecule has 30 heavy (non-hydrogen) atoms. The van der Waals surface area contributed by atoms with Crippen LogP contribution >= 0.6 is 0 Å². The number of carbonyl (C=O) groups excluding carboxylic acids is 1. The molecule has 0 saturated carbocycles. The quantitative estimate of drug-likeness (QED) is 0.703. The predicted octanol–water partition coefficient (Wildman–Crippen LogP) is 2.95. The van der Waals surface area contributed by atoms with Gasteiger partial charge in [-0.05, 0) is 36.6 Å². The molecule has 0 radical (unpaired) electrons. The van der Waals surface area contributed by atoms with Crippen LogP contribution in [0.1, 0.15) is 18.4 Å². The lowest BCUT2D eigenvalue weighted by Crippen LogP contribution is -2.43. The third-order valence-electron chi connectivity index (χ3n) is 5.36. The van der Waals surface area contributed by atoms with Gasteiger partial charge in [-0.3, -0.25) is 4.79 Å². The van der Waals surface area contributed by atoms with E-state index in [0.717, 1.165) is 11.3 Å². The van der Waals surface area contributed by atoms with Gasteiger partial charge in [0.05, 0.1) is 0 Å². The molecule has 1 fully saturated rings. The molecular weight excluding hydrogens is 398 g/mol. The number of piperidine rings is 1. The van der Waals surface area contributed by atoms with Crippen LogP contribution in [0.3, 0.4) is 0 Å². The average molecular weight is 428 g/mol. The smallest absolute Gasteiger partial charge is 0.236 e. The summed E-state index contributed by atoms with van der Waals surface area (Å²) in [6, 6.07) is 19.4. The highest BCUT2D eigenvalue weighted by atomic mass is 32.2. The largest absolute Gasteiger partial charge is 0.373 e. The van der Waals surface area contributed by atoms with Crippen LogP contribution in [0.25, 0.3) is 6.08 Å². The molecule has 0 bridgehead atoms. The summed E-state index contributed by atoms with van der Waals surface area (Å²) in [5.41, 5.74) is 1.95. The van der Waals surface area contributed by atoms with Gasteiger partial charge in [0, 0.05) is 50.2 Å². The Morgan fingerprint density at radius 1 is 1.07 bits per heavy atom. The maximum absolute atomic E-state index is 12.6. The van der Waals surface area contributed by atoms with Crippen molar-refractivity contribution in [1.82, 2.24) is 9.62 Å². The van der Waals surface area contributed by atoms with E-state index >= 15 is 0 Å². The van der Waals surface area contributed by atoms with Crippen molar-refractivity contribution >= 4 is 27.7 Å². The molecule has 2 aromatic carbocycles. The van der Waals surface area contributed by atoms with Crippen molar-refractivity contribution in [3.63, 3.8) is 0 Å². The van der Waals surface area contributed by atoms with E-state index in [4.69, 9.17) is 0 Å². The number of nitrogens with one attached hydrogen (secondary N) is 1. The Labute approximate surface area is 179 Å². The Hall–Kier alpha value is -2.64. The molecule has 0 unspecified atom stereocenters. The lowest BCUT2D eigenvalue weighted by Gasteiger charge is -2.29. The Bertz CT molecular complexity index is 938. The zero-order valence-corrected chi connectivity index (χ0v) is 18.1. The van der Waals surface area contributed by atoms with Crippen molar-refractivity contribution in [3.05, 3.63) is 71.6 Å². The summed E-state index contributed by atoms with van der Waals surface area (Å²) in [5.74, 6) is -0.134. The summed E-state index contributed by atoms with van der Waals surface area (Å²) in [4.78, 5) is 14.6. The molecule has 0 aliphatic carbocycles. The van der Waals surface area contributed by atoms with Gasteiger partial charge in [0.2, 0.25) is 15.9 Å². The summed E-state index contributed by atoms with van der Waals surface area (Å²) in [6.45, 7) is 2.00. The lowest BCUT2D eigenvalue weighted by molar-refractivity contribution is -0.126. The van der Waals surface area contributed by atoms with Gasteiger partial charge in [0.1, 0.15) is 0 Å². The van der Waals surface area contributed by atoms with E-state index in [1.807, 2.05) is 67.7 Å². The fourth-order valence-corrected chi connectivity index (χ4v) is 4.71. The highest BCUT2D eigenvalue weighted by Gasteiger charge is 2.29. The van der Waals surface area contributed by atoms with Gasteiger partial charge in [-0.15, -0.1) is 0 Å². The molecule has 0 spiro atoms. The normalized spacial score (nSPS) is 15.9. The number of nitrogens with zero attached hydrogens (tertiary/aromatic N) is 2. The Balaban J connectivity index is 1.43.